The van der Waals surface area contributed by atoms with Gasteiger partial charge in [0.2, 0.25) is 17.7 Å². The van der Waals surface area contributed by atoms with E-state index in [1.165, 1.54) is 0 Å². The SMILES string of the molecule is NC(=O)CC[C@H](NC(=O)[C@H](N)CCc1ccccc1)C(=O)NCc1ccccc1. The van der Waals surface area contributed by atoms with Crippen LogP contribution in [0.25, 0.3) is 0 Å². The zero-order valence-corrected chi connectivity index (χ0v) is 16.3. The van der Waals surface area contributed by atoms with Crippen molar-refractivity contribution in [2.75, 3.05) is 0 Å². The van der Waals surface area contributed by atoms with Crippen LogP contribution in [0.4, 0.5) is 0 Å². The number of hydrogen-bond acceptors (Lipinski definition) is 4. The lowest BCUT2D eigenvalue weighted by Gasteiger charge is -2.20. The van der Waals surface area contributed by atoms with Crippen LogP contribution in [-0.2, 0) is 27.3 Å². The van der Waals surface area contributed by atoms with Gasteiger partial charge in [0, 0.05) is 13.0 Å². The van der Waals surface area contributed by atoms with E-state index in [4.69, 9.17) is 11.5 Å². The van der Waals surface area contributed by atoms with Crippen molar-refractivity contribution in [2.24, 2.45) is 11.5 Å². The highest BCUT2D eigenvalue weighted by Crippen LogP contribution is 2.06. The first-order chi connectivity index (χ1) is 14.0. The summed E-state index contributed by atoms with van der Waals surface area (Å²) in [6.45, 7) is 0.322. The Morgan fingerprint density at radius 2 is 1.41 bits per heavy atom. The van der Waals surface area contributed by atoms with Crippen molar-refractivity contribution in [3.8, 4) is 0 Å². The number of rotatable bonds is 11. The van der Waals surface area contributed by atoms with Crippen LogP contribution in [0.5, 0.6) is 0 Å². The molecular weight excluding hydrogens is 368 g/mol. The fourth-order valence-electron chi connectivity index (χ4n) is 2.84. The quantitative estimate of drug-likeness (QED) is 0.452. The summed E-state index contributed by atoms with van der Waals surface area (Å²) >= 11 is 0. The highest BCUT2D eigenvalue weighted by atomic mass is 16.2. The van der Waals surface area contributed by atoms with E-state index in [0.717, 1.165) is 11.1 Å². The lowest BCUT2D eigenvalue weighted by atomic mass is 10.0. The molecule has 0 saturated heterocycles. The Labute approximate surface area is 170 Å². The van der Waals surface area contributed by atoms with Gasteiger partial charge in [-0.25, -0.2) is 0 Å². The molecule has 0 bridgehead atoms. The van der Waals surface area contributed by atoms with Crippen LogP contribution in [0.3, 0.4) is 0 Å². The van der Waals surface area contributed by atoms with Crippen molar-refractivity contribution in [3.63, 3.8) is 0 Å². The van der Waals surface area contributed by atoms with Crippen molar-refractivity contribution in [1.82, 2.24) is 10.6 Å². The average molecular weight is 396 g/mol. The van der Waals surface area contributed by atoms with Crippen LogP contribution in [0.2, 0.25) is 0 Å². The van der Waals surface area contributed by atoms with Gasteiger partial charge in [0.15, 0.2) is 0 Å². The van der Waals surface area contributed by atoms with E-state index in [1.807, 2.05) is 60.7 Å². The number of benzene rings is 2. The maximum absolute atomic E-state index is 12.5. The van der Waals surface area contributed by atoms with Gasteiger partial charge in [0.05, 0.1) is 6.04 Å². The van der Waals surface area contributed by atoms with Crippen molar-refractivity contribution in [3.05, 3.63) is 71.8 Å². The predicted octanol–water partition coefficient (Wildman–Crippen LogP) is 1.01. The largest absolute Gasteiger partial charge is 0.370 e. The Hall–Kier alpha value is -3.19. The maximum Gasteiger partial charge on any atom is 0.242 e. The van der Waals surface area contributed by atoms with Gasteiger partial charge < -0.3 is 22.1 Å². The zero-order chi connectivity index (χ0) is 21.1. The molecule has 0 aliphatic carbocycles. The maximum atomic E-state index is 12.5. The fourth-order valence-corrected chi connectivity index (χ4v) is 2.84. The monoisotopic (exact) mass is 396 g/mol. The van der Waals surface area contributed by atoms with Crippen molar-refractivity contribution in [2.45, 2.75) is 44.3 Å². The third-order valence-electron chi connectivity index (χ3n) is 4.55. The lowest BCUT2D eigenvalue weighted by molar-refractivity contribution is -0.130. The Morgan fingerprint density at radius 1 is 0.828 bits per heavy atom. The van der Waals surface area contributed by atoms with Gasteiger partial charge in [-0.1, -0.05) is 60.7 Å². The van der Waals surface area contributed by atoms with Crippen molar-refractivity contribution >= 4 is 17.7 Å². The minimum absolute atomic E-state index is 0.0110. The van der Waals surface area contributed by atoms with E-state index < -0.39 is 23.9 Å². The summed E-state index contributed by atoms with van der Waals surface area (Å²) in [6, 6.07) is 17.5. The topological polar surface area (TPSA) is 127 Å². The van der Waals surface area contributed by atoms with E-state index in [1.54, 1.807) is 0 Å². The number of nitrogens with two attached hydrogens (primary N) is 2. The molecule has 0 aromatic heterocycles. The van der Waals surface area contributed by atoms with Crippen LogP contribution >= 0.6 is 0 Å². The smallest absolute Gasteiger partial charge is 0.242 e. The second-order valence-corrected chi connectivity index (χ2v) is 6.90. The normalized spacial score (nSPS) is 12.6. The molecule has 154 valence electrons. The van der Waals surface area contributed by atoms with Crippen molar-refractivity contribution < 1.29 is 14.4 Å². The highest BCUT2D eigenvalue weighted by Gasteiger charge is 2.24. The number of aryl methyl sites for hydroxylation is 1. The summed E-state index contributed by atoms with van der Waals surface area (Å²) in [5.41, 5.74) is 13.2. The van der Waals surface area contributed by atoms with E-state index in [9.17, 15) is 14.4 Å². The first-order valence-corrected chi connectivity index (χ1v) is 9.65. The van der Waals surface area contributed by atoms with Gasteiger partial charge in [-0.15, -0.1) is 0 Å². The highest BCUT2D eigenvalue weighted by molar-refractivity contribution is 5.90. The Bertz CT molecular complexity index is 796. The number of amides is 3. The van der Waals surface area contributed by atoms with Crippen LogP contribution < -0.4 is 22.1 Å². The summed E-state index contributed by atoms with van der Waals surface area (Å²) in [7, 11) is 0. The minimum Gasteiger partial charge on any atom is -0.370 e. The number of carbonyl (C=O) groups excluding carboxylic acids is 3. The molecule has 2 aromatic carbocycles. The van der Waals surface area contributed by atoms with Crippen molar-refractivity contribution in [1.29, 1.82) is 0 Å². The van der Waals surface area contributed by atoms with E-state index in [0.29, 0.717) is 19.4 Å². The molecule has 2 aromatic rings. The van der Waals surface area contributed by atoms with Crippen LogP contribution in [0, 0.1) is 0 Å². The summed E-state index contributed by atoms with van der Waals surface area (Å²) in [4.78, 5) is 36.2. The van der Waals surface area contributed by atoms with Gasteiger partial charge in [-0.2, -0.15) is 0 Å². The predicted molar refractivity (Wildman–Crippen MR) is 111 cm³/mol. The molecule has 2 atom stereocenters. The first kappa shape index (κ1) is 22.1. The number of primary amides is 1. The van der Waals surface area contributed by atoms with Gasteiger partial charge in [0.1, 0.15) is 6.04 Å². The molecule has 0 radical (unpaired) electrons. The second kappa shape index (κ2) is 11.6. The van der Waals surface area contributed by atoms with Crippen LogP contribution in [0.1, 0.15) is 30.4 Å². The van der Waals surface area contributed by atoms with Gasteiger partial charge in [-0.05, 0) is 30.4 Å². The zero-order valence-electron chi connectivity index (χ0n) is 16.3. The molecule has 0 aliphatic heterocycles. The molecule has 0 unspecified atom stereocenters. The molecule has 29 heavy (non-hydrogen) atoms. The van der Waals surface area contributed by atoms with Gasteiger partial charge in [-0.3, -0.25) is 14.4 Å². The standard InChI is InChI=1S/C22H28N4O3/c23-18(12-11-16-7-3-1-4-8-16)21(28)26-19(13-14-20(24)27)22(29)25-15-17-9-5-2-6-10-17/h1-10,18-19H,11-15,23H2,(H2,24,27)(H,25,29)(H,26,28)/t18-,19+/m1/s1. The number of carbonyl (C=O) groups is 3. The first-order valence-electron chi connectivity index (χ1n) is 9.65. The third kappa shape index (κ3) is 8.15. The molecule has 0 saturated carbocycles. The summed E-state index contributed by atoms with van der Waals surface area (Å²) in [5, 5.41) is 5.44. The molecule has 7 nitrogen and oxygen atoms in total. The molecule has 6 N–H and O–H groups in total. The molecule has 2 rings (SSSR count). The van der Waals surface area contributed by atoms with E-state index >= 15 is 0 Å². The summed E-state index contributed by atoms with van der Waals surface area (Å²) in [6.07, 6.45) is 1.21. The molecule has 0 aliphatic rings. The molecular formula is C22H28N4O3. The molecule has 0 spiro atoms. The van der Waals surface area contributed by atoms with E-state index in [2.05, 4.69) is 10.6 Å². The second-order valence-electron chi connectivity index (χ2n) is 6.90. The fraction of sp³-hybridized carbons (Fsp3) is 0.318. The van der Waals surface area contributed by atoms with Gasteiger partial charge in [0.25, 0.3) is 0 Å². The van der Waals surface area contributed by atoms with Crippen LogP contribution in [0.15, 0.2) is 60.7 Å². The third-order valence-corrected chi connectivity index (χ3v) is 4.55. The lowest BCUT2D eigenvalue weighted by Crippen LogP contribution is -2.51. The molecule has 3 amide bonds. The molecule has 0 fully saturated rings. The van der Waals surface area contributed by atoms with Crippen LogP contribution in [-0.4, -0.2) is 29.8 Å². The van der Waals surface area contributed by atoms with Gasteiger partial charge >= 0.3 is 0 Å². The minimum atomic E-state index is -0.874. The summed E-state index contributed by atoms with van der Waals surface area (Å²) in [5.74, 6) is -1.34. The summed E-state index contributed by atoms with van der Waals surface area (Å²) < 4.78 is 0. The number of hydrogen-bond donors (Lipinski definition) is 4. The average Bonchev–Trinajstić information content (AvgIpc) is 2.74. The Kier molecular flexibility index (Phi) is 8.85. The number of nitrogens with one attached hydrogen (secondary N) is 2. The Morgan fingerprint density at radius 3 is 2.00 bits per heavy atom. The molecule has 7 heteroatoms. The Balaban J connectivity index is 1.90. The molecule has 0 heterocycles. The van der Waals surface area contributed by atoms with E-state index in [-0.39, 0.29) is 18.7 Å².